The van der Waals surface area contributed by atoms with E-state index >= 15 is 0 Å². The number of allylic oxidation sites excluding steroid dienone is 1. The summed E-state index contributed by atoms with van der Waals surface area (Å²) >= 11 is 0. The van der Waals surface area contributed by atoms with E-state index in [2.05, 4.69) is 128 Å². The van der Waals surface area contributed by atoms with Crippen molar-refractivity contribution in [3.05, 3.63) is 119 Å². The molecule has 0 saturated carbocycles. The Balaban J connectivity index is 1.34. The summed E-state index contributed by atoms with van der Waals surface area (Å²) in [6.07, 6.45) is 14.1. The van der Waals surface area contributed by atoms with Gasteiger partial charge in [0.1, 0.15) is 5.92 Å². The van der Waals surface area contributed by atoms with Crippen LogP contribution in [0, 0.1) is 12.8 Å². The van der Waals surface area contributed by atoms with Crippen molar-refractivity contribution in [3.63, 3.8) is 0 Å². The van der Waals surface area contributed by atoms with Crippen LogP contribution in [0.3, 0.4) is 0 Å². The number of hydrogen-bond donors (Lipinski definition) is 0. The van der Waals surface area contributed by atoms with Crippen LogP contribution < -0.4 is 14.3 Å². The number of benzene rings is 2. The highest BCUT2D eigenvalue weighted by Crippen LogP contribution is 2.53. The Bertz CT molecular complexity index is 2360. The lowest BCUT2D eigenvalue weighted by Crippen LogP contribution is -2.57. The van der Waals surface area contributed by atoms with E-state index in [1.807, 2.05) is 6.92 Å². The Morgan fingerprint density at radius 1 is 0.940 bits per heavy atom. The van der Waals surface area contributed by atoms with Crippen molar-refractivity contribution in [2.45, 2.75) is 96.9 Å². The van der Waals surface area contributed by atoms with Crippen molar-refractivity contribution >= 4 is 35.3 Å². The Morgan fingerprint density at radius 3 is 2.50 bits per heavy atom. The molecule has 9 rings (SSSR count). The van der Waals surface area contributed by atoms with Crippen molar-refractivity contribution in [1.29, 1.82) is 0 Å². The predicted octanol–water partition coefficient (Wildman–Crippen LogP) is 9.64. The first-order valence-corrected chi connectivity index (χ1v) is 22.3. The fourth-order valence-corrected chi connectivity index (χ4v) is 11.5. The SMILES string of the molecule is C=CCC1C(C2c3ccc4c(oc5nc(C)ccc54)c3-c3cc(CC(C)C)cc[n+]32)c2ccccc2-c2c3c(c([Si](C)(C)C)c[n+]21)CCCC3. The number of fused-ring (bicyclic) bond motifs is 12. The molecule has 2 aromatic carbocycles. The number of aryl methyl sites for hydroxylation is 1. The van der Waals surface area contributed by atoms with Crippen LogP contribution >= 0.6 is 0 Å². The van der Waals surface area contributed by atoms with Crippen molar-refractivity contribution in [3.8, 4) is 22.5 Å². The van der Waals surface area contributed by atoms with Crippen molar-refractivity contribution < 1.29 is 13.6 Å². The van der Waals surface area contributed by atoms with Gasteiger partial charge >= 0.3 is 0 Å². The zero-order valence-electron chi connectivity index (χ0n) is 30.5. The standard InChI is InChI=1S/C45H49N3OSi/c1-8-13-37-40(31-15-10-12-17-33(31)42-32-16-11-9-14-30(32)39(26-48(37)42)50(5,6)7)43-36-21-20-34-35-19-18-28(4)46-45(35)49-44(34)41(36)38-25-29(24-27(2)3)22-23-47(38)43/h8,10,12,15,17-23,25-27,37,40,43H,1,9,11,13-14,16,24H2,2-7H3/q+2. The molecule has 6 aromatic rings. The van der Waals surface area contributed by atoms with Crippen LogP contribution in [-0.2, 0) is 19.3 Å². The summed E-state index contributed by atoms with van der Waals surface area (Å²) in [6.45, 7) is 18.6. The first-order chi connectivity index (χ1) is 24.1. The number of nitrogens with zero attached hydrogens (tertiary/aromatic N) is 3. The zero-order chi connectivity index (χ0) is 34.5. The Hall–Kier alpha value is -4.35. The molecule has 3 aliphatic rings. The van der Waals surface area contributed by atoms with Crippen LogP contribution in [0.4, 0.5) is 0 Å². The highest BCUT2D eigenvalue weighted by atomic mass is 28.3. The molecule has 6 heterocycles. The van der Waals surface area contributed by atoms with Gasteiger partial charge in [0.2, 0.25) is 17.1 Å². The first-order valence-electron chi connectivity index (χ1n) is 18.8. The second-order valence-electron chi connectivity index (χ2n) is 16.6. The van der Waals surface area contributed by atoms with Crippen LogP contribution in [-0.4, -0.2) is 13.1 Å². The maximum atomic E-state index is 6.76. The van der Waals surface area contributed by atoms with Crippen molar-refractivity contribution in [1.82, 2.24) is 4.98 Å². The minimum absolute atomic E-state index is 0.0959. The minimum atomic E-state index is -1.63. The fourth-order valence-electron chi connectivity index (χ4n) is 9.76. The summed E-state index contributed by atoms with van der Waals surface area (Å²) in [6, 6.07) is 23.5. The molecule has 0 spiro atoms. The molecule has 0 radical (unpaired) electrons. The van der Waals surface area contributed by atoms with Crippen LogP contribution in [0.25, 0.3) is 44.6 Å². The summed E-state index contributed by atoms with van der Waals surface area (Å²) in [5.74, 6) is 0.770. The lowest BCUT2D eigenvalue weighted by molar-refractivity contribution is -0.745. The van der Waals surface area contributed by atoms with Crippen LogP contribution in [0.5, 0.6) is 0 Å². The van der Waals surface area contributed by atoms with Gasteiger partial charge in [-0.2, -0.15) is 9.13 Å². The quantitative estimate of drug-likeness (QED) is 0.100. The summed E-state index contributed by atoms with van der Waals surface area (Å²) in [5, 5.41) is 3.88. The number of rotatable bonds is 6. The Kier molecular flexibility index (Phi) is 7.33. The van der Waals surface area contributed by atoms with Gasteiger partial charge in [-0.15, -0.1) is 6.58 Å². The molecule has 0 saturated heterocycles. The third-order valence-electron chi connectivity index (χ3n) is 11.8. The minimum Gasteiger partial charge on any atom is -0.437 e. The maximum absolute atomic E-state index is 6.76. The number of pyridine rings is 3. The first kappa shape index (κ1) is 31.6. The van der Waals surface area contributed by atoms with Crippen molar-refractivity contribution in [2.75, 3.05) is 0 Å². The van der Waals surface area contributed by atoms with Gasteiger partial charge in [-0.3, -0.25) is 0 Å². The highest BCUT2D eigenvalue weighted by Gasteiger charge is 2.54. The molecule has 1 aliphatic carbocycles. The molecule has 252 valence electrons. The molecular weight excluding hydrogens is 627 g/mol. The van der Waals surface area contributed by atoms with Gasteiger partial charge in [0.15, 0.2) is 30.1 Å². The molecule has 4 aromatic heterocycles. The summed E-state index contributed by atoms with van der Waals surface area (Å²) in [7, 11) is -1.63. The lowest BCUT2D eigenvalue weighted by Gasteiger charge is -2.35. The van der Waals surface area contributed by atoms with E-state index in [1.54, 1.807) is 16.3 Å². The zero-order valence-corrected chi connectivity index (χ0v) is 31.5. The van der Waals surface area contributed by atoms with Gasteiger partial charge in [0.05, 0.1) is 19.2 Å². The van der Waals surface area contributed by atoms with E-state index in [1.165, 1.54) is 64.9 Å². The molecule has 0 fully saturated rings. The molecule has 2 aliphatic heterocycles. The number of furan rings is 1. The molecule has 4 nitrogen and oxygen atoms in total. The number of aromatic nitrogens is 3. The molecule has 3 atom stereocenters. The molecule has 3 unspecified atom stereocenters. The van der Waals surface area contributed by atoms with E-state index in [9.17, 15) is 0 Å². The van der Waals surface area contributed by atoms with Crippen molar-refractivity contribution in [2.24, 2.45) is 5.92 Å². The summed E-state index contributed by atoms with van der Waals surface area (Å²) in [4.78, 5) is 4.83. The molecule has 0 amide bonds. The van der Waals surface area contributed by atoms with Gasteiger partial charge in [0, 0.05) is 51.3 Å². The van der Waals surface area contributed by atoms with E-state index < -0.39 is 8.07 Å². The molecule has 50 heavy (non-hydrogen) atoms. The number of hydrogen-bond acceptors (Lipinski definition) is 2. The summed E-state index contributed by atoms with van der Waals surface area (Å²) < 4.78 is 12.1. The third kappa shape index (κ3) is 4.72. The highest BCUT2D eigenvalue weighted by molar-refractivity contribution is 6.89. The lowest BCUT2D eigenvalue weighted by atomic mass is 9.73. The smallest absolute Gasteiger partial charge is 0.227 e. The molecular formula is C45H49N3OSi+2. The van der Waals surface area contributed by atoms with Gasteiger partial charge in [-0.05, 0) is 85.9 Å². The van der Waals surface area contributed by atoms with Gasteiger partial charge in [0.25, 0.3) is 0 Å². The fraction of sp³-hybridized carbons (Fsp3) is 0.356. The normalized spacial score (nSPS) is 19.3. The van der Waals surface area contributed by atoms with E-state index in [-0.39, 0.29) is 18.0 Å². The maximum Gasteiger partial charge on any atom is 0.227 e. The van der Waals surface area contributed by atoms with Crippen LogP contribution in [0.15, 0.2) is 90.1 Å². The molecule has 5 heteroatoms. The molecule has 0 N–H and O–H groups in total. The largest absolute Gasteiger partial charge is 0.437 e. The average molecular weight is 676 g/mol. The second-order valence-corrected chi connectivity index (χ2v) is 21.6. The predicted molar refractivity (Wildman–Crippen MR) is 207 cm³/mol. The van der Waals surface area contributed by atoms with Crippen LogP contribution in [0.2, 0.25) is 19.6 Å². The monoisotopic (exact) mass is 675 g/mol. The van der Waals surface area contributed by atoms with E-state index in [0.717, 1.165) is 40.6 Å². The Labute approximate surface area is 297 Å². The summed E-state index contributed by atoms with van der Waals surface area (Å²) in [5.41, 5.74) is 15.5. The van der Waals surface area contributed by atoms with E-state index in [0.29, 0.717) is 5.92 Å². The topological polar surface area (TPSA) is 33.8 Å². The average Bonchev–Trinajstić information content (AvgIpc) is 3.61. The van der Waals surface area contributed by atoms with Crippen LogP contribution in [0.1, 0.15) is 84.6 Å². The van der Waals surface area contributed by atoms with Gasteiger partial charge in [-0.1, -0.05) is 63.8 Å². The van der Waals surface area contributed by atoms with Gasteiger partial charge < -0.3 is 4.42 Å². The molecule has 0 bridgehead atoms. The van der Waals surface area contributed by atoms with Gasteiger partial charge in [-0.25, -0.2) is 4.98 Å². The second kappa shape index (κ2) is 11.6. The third-order valence-corrected chi connectivity index (χ3v) is 13.8. The van der Waals surface area contributed by atoms with E-state index in [4.69, 9.17) is 9.40 Å². The Morgan fingerprint density at radius 2 is 1.72 bits per heavy atom.